The molecule has 44 heavy (non-hydrogen) atoms. The first-order valence-corrected chi connectivity index (χ1v) is 16.4. The standard InChI is InChI=1S/C33H42BrN3O7/c1-4-12-20(2)36-16-10-6-9-15-24(39)35-21(3)27(22-13-7-5-8-14-22)43-32(42)25-26-30(40)37(17-11-18-38)29(31(36)41)33(26)19-23(34)28(25)44-33/h5-8,10,13-14,19-21,25-29,38H,4,9,11-12,15-18H2,1-3H3,(H,35,39)/b10-6-/t20?,21-,25+,26-,27+,28+,29+,33-/m0/s1. The maximum Gasteiger partial charge on any atom is 0.313 e. The summed E-state index contributed by atoms with van der Waals surface area (Å²) in [6.45, 7) is 6.12. The highest BCUT2D eigenvalue weighted by Gasteiger charge is 2.75. The number of halogens is 1. The normalized spacial score (nSPS) is 34.0. The van der Waals surface area contributed by atoms with Crippen molar-refractivity contribution < 1.29 is 33.8 Å². The lowest BCUT2D eigenvalue weighted by molar-refractivity contribution is -0.161. The lowest BCUT2D eigenvalue weighted by Crippen LogP contribution is -2.57. The van der Waals surface area contributed by atoms with Crippen molar-refractivity contribution >= 4 is 39.6 Å². The largest absolute Gasteiger partial charge is 0.455 e. The van der Waals surface area contributed by atoms with Crippen molar-refractivity contribution in [1.82, 2.24) is 15.1 Å². The summed E-state index contributed by atoms with van der Waals surface area (Å²) in [5, 5.41) is 12.7. The van der Waals surface area contributed by atoms with Gasteiger partial charge in [-0.3, -0.25) is 19.2 Å². The summed E-state index contributed by atoms with van der Waals surface area (Å²) in [5.74, 6) is -3.44. The third kappa shape index (κ3) is 5.86. The zero-order valence-electron chi connectivity index (χ0n) is 25.5. The van der Waals surface area contributed by atoms with Gasteiger partial charge in [-0.2, -0.15) is 0 Å². The van der Waals surface area contributed by atoms with Gasteiger partial charge in [0.2, 0.25) is 17.7 Å². The average Bonchev–Trinajstić information content (AvgIpc) is 3.59. The Morgan fingerprint density at radius 3 is 2.57 bits per heavy atom. The van der Waals surface area contributed by atoms with E-state index in [1.165, 1.54) is 4.90 Å². The molecular weight excluding hydrogens is 630 g/mol. The Morgan fingerprint density at radius 1 is 1.11 bits per heavy atom. The number of ether oxygens (including phenoxy) is 2. The number of rotatable bonds is 7. The van der Waals surface area contributed by atoms with E-state index < -0.39 is 47.7 Å². The van der Waals surface area contributed by atoms with Crippen molar-refractivity contribution in [2.24, 2.45) is 11.8 Å². The van der Waals surface area contributed by atoms with E-state index in [0.29, 0.717) is 23.0 Å². The Hall–Kier alpha value is -3.02. The minimum atomic E-state index is -1.37. The number of amides is 3. The molecule has 0 aromatic heterocycles. The number of hydrogen-bond acceptors (Lipinski definition) is 7. The molecule has 1 unspecified atom stereocenters. The number of nitrogens with zero attached hydrogens (tertiary/aromatic N) is 2. The first-order valence-electron chi connectivity index (χ1n) is 15.6. The van der Waals surface area contributed by atoms with Crippen LogP contribution in [0.2, 0.25) is 0 Å². The summed E-state index contributed by atoms with van der Waals surface area (Å²) in [7, 11) is 0. The number of aliphatic hydroxyl groups is 1. The molecular formula is C33H42BrN3O7. The minimum Gasteiger partial charge on any atom is -0.455 e. The molecule has 2 fully saturated rings. The molecule has 3 amide bonds. The fourth-order valence-electron chi connectivity index (χ4n) is 7.19. The van der Waals surface area contributed by atoms with Crippen LogP contribution in [0, 0.1) is 11.8 Å². The molecule has 1 aromatic carbocycles. The van der Waals surface area contributed by atoms with Crippen molar-refractivity contribution in [3.05, 3.63) is 58.6 Å². The predicted molar refractivity (Wildman–Crippen MR) is 166 cm³/mol. The first kappa shape index (κ1) is 32.4. The van der Waals surface area contributed by atoms with Crippen molar-refractivity contribution in [3.63, 3.8) is 0 Å². The number of benzene rings is 1. The summed E-state index contributed by atoms with van der Waals surface area (Å²) in [6.07, 6.45) is 6.56. The van der Waals surface area contributed by atoms with Gasteiger partial charge in [-0.15, -0.1) is 0 Å². The van der Waals surface area contributed by atoms with Crippen LogP contribution >= 0.6 is 15.9 Å². The zero-order valence-corrected chi connectivity index (χ0v) is 27.1. The Bertz CT molecular complexity index is 1320. The molecule has 0 radical (unpaired) electrons. The molecule has 4 aliphatic heterocycles. The second kappa shape index (κ2) is 13.5. The van der Waals surface area contributed by atoms with Crippen molar-refractivity contribution in [2.75, 3.05) is 19.7 Å². The SMILES string of the molecule is CCCC(C)N1C/C=C\CCC(=O)N[C@@H](C)[C@H](c2ccccc2)OC(=O)[C@H]2[C@@H]3O[C@@]4(C=C3Br)[C@@H]2C(=O)N(CCCO)[C@@H]4C1=O. The number of nitrogens with one attached hydrogen (secondary N) is 1. The number of fused-ring (bicyclic) bond motifs is 2. The van der Waals surface area contributed by atoms with Crippen LogP contribution in [0.3, 0.4) is 0 Å². The molecule has 5 rings (SSSR count). The van der Waals surface area contributed by atoms with Gasteiger partial charge in [0, 0.05) is 36.6 Å². The Morgan fingerprint density at radius 2 is 1.86 bits per heavy atom. The van der Waals surface area contributed by atoms with E-state index in [2.05, 4.69) is 28.2 Å². The molecule has 4 heterocycles. The highest BCUT2D eigenvalue weighted by molar-refractivity contribution is 9.11. The van der Waals surface area contributed by atoms with Gasteiger partial charge in [-0.25, -0.2) is 0 Å². The molecule has 0 aliphatic carbocycles. The van der Waals surface area contributed by atoms with Crippen molar-refractivity contribution in [1.29, 1.82) is 0 Å². The Kier molecular flexibility index (Phi) is 9.96. The Balaban J connectivity index is 1.60. The van der Waals surface area contributed by atoms with Crippen LogP contribution < -0.4 is 5.32 Å². The van der Waals surface area contributed by atoms with E-state index in [-0.39, 0.29) is 49.8 Å². The fourth-order valence-corrected chi connectivity index (χ4v) is 7.93. The molecule has 1 aromatic rings. The summed E-state index contributed by atoms with van der Waals surface area (Å²) < 4.78 is 13.3. The van der Waals surface area contributed by atoms with Gasteiger partial charge in [0.1, 0.15) is 29.8 Å². The van der Waals surface area contributed by atoms with Crippen LogP contribution in [-0.2, 0) is 28.7 Å². The highest BCUT2D eigenvalue weighted by Crippen LogP contribution is 2.59. The van der Waals surface area contributed by atoms with Gasteiger partial charge in [-0.1, -0.05) is 71.8 Å². The molecule has 0 saturated carbocycles. The summed E-state index contributed by atoms with van der Waals surface area (Å²) in [4.78, 5) is 59.2. The second-order valence-electron chi connectivity index (χ2n) is 12.2. The van der Waals surface area contributed by atoms with E-state index >= 15 is 0 Å². The lowest BCUT2D eigenvalue weighted by Gasteiger charge is -2.38. The molecule has 8 atom stereocenters. The summed E-state index contributed by atoms with van der Waals surface area (Å²) in [6, 6.07) is 7.49. The molecule has 5 bridgehead atoms. The lowest BCUT2D eigenvalue weighted by atomic mass is 9.74. The maximum atomic E-state index is 14.6. The minimum absolute atomic E-state index is 0.132. The number of carbonyl (C=O) groups excluding carboxylic acids is 4. The van der Waals surface area contributed by atoms with Crippen LogP contribution in [0.5, 0.6) is 0 Å². The Labute approximate surface area is 266 Å². The second-order valence-corrected chi connectivity index (χ2v) is 13.1. The van der Waals surface area contributed by atoms with Gasteiger partial charge < -0.3 is 29.7 Å². The number of allylic oxidation sites excluding steroid dienone is 1. The van der Waals surface area contributed by atoms with Gasteiger partial charge in [0.15, 0.2) is 0 Å². The van der Waals surface area contributed by atoms with E-state index in [4.69, 9.17) is 9.47 Å². The van der Waals surface area contributed by atoms with Crippen LogP contribution in [0.25, 0.3) is 0 Å². The highest BCUT2D eigenvalue weighted by atomic mass is 79.9. The topological polar surface area (TPSA) is 125 Å². The molecule has 10 nitrogen and oxygen atoms in total. The van der Waals surface area contributed by atoms with Gasteiger partial charge >= 0.3 is 5.97 Å². The number of likely N-dealkylation sites (tertiary alicyclic amines) is 1. The van der Waals surface area contributed by atoms with E-state index in [0.717, 1.165) is 12.8 Å². The fraction of sp³-hybridized carbons (Fsp3) is 0.576. The molecule has 2 N–H and O–H groups in total. The number of cyclic esters (lactones) is 1. The molecule has 238 valence electrons. The molecule has 2 saturated heterocycles. The third-order valence-corrected chi connectivity index (χ3v) is 9.91. The van der Waals surface area contributed by atoms with Gasteiger partial charge in [-0.05, 0) is 44.7 Å². The van der Waals surface area contributed by atoms with Crippen molar-refractivity contribution in [3.8, 4) is 0 Å². The number of carbonyl (C=O) groups is 4. The smallest absolute Gasteiger partial charge is 0.313 e. The maximum absolute atomic E-state index is 14.6. The van der Waals surface area contributed by atoms with Crippen LogP contribution in [0.1, 0.15) is 64.5 Å². The van der Waals surface area contributed by atoms with Crippen LogP contribution in [0.4, 0.5) is 0 Å². The number of hydrogen-bond donors (Lipinski definition) is 2. The van der Waals surface area contributed by atoms with Crippen LogP contribution in [0.15, 0.2) is 53.0 Å². The average molecular weight is 673 g/mol. The third-order valence-electron chi connectivity index (χ3n) is 9.23. The summed E-state index contributed by atoms with van der Waals surface area (Å²) >= 11 is 3.58. The van der Waals surface area contributed by atoms with Gasteiger partial charge in [0.25, 0.3) is 0 Å². The zero-order chi connectivity index (χ0) is 31.6. The van der Waals surface area contributed by atoms with E-state index in [1.807, 2.05) is 49.4 Å². The molecule has 4 aliphatic rings. The number of esters is 1. The predicted octanol–water partition coefficient (Wildman–Crippen LogP) is 3.40. The van der Waals surface area contributed by atoms with E-state index in [9.17, 15) is 24.3 Å². The van der Waals surface area contributed by atoms with Gasteiger partial charge in [0.05, 0.1) is 12.0 Å². The van der Waals surface area contributed by atoms with E-state index in [1.54, 1.807) is 17.9 Å². The molecule has 11 heteroatoms. The first-order chi connectivity index (χ1) is 21.1. The van der Waals surface area contributed by atoms with Crippen LogP contribution in [-0.4, -0.2) is 88.1 Å². The monoisotopic (exact) mass is 671 g/mol. The molecule has 1 spiro atoms. The van der Waals surface area contributed by atoms with Crippen molar-refractivity contribution in [2.45, 2.75) is 88.8 Å². The summed E-state index contributed by atoms with van der Waals surface area (Å²) in [5.41, 5.74) is -0.670. The number of aliphatic hydroxyl groups excluding tert-OH is 1. The quantitative estimate of drug-likeness (QED) is 0.336.